The number of nitrogens with zero attached hydrogens (tertiary/aromatic N) is 4. The van der Waals surface area contributed by atoms with Crippen LogP contribution in [0.25, 0.3) is 11.0 Å². The molecule has 0 saturated carbocycles. The van der Waals surface area contributed by atoms with E-state index in [4.69, 9.17) is 10.5 Å². The van der Waals surface area contributed by atoms with E-state index in [0.29, 0.717) is 5.56 Å². The van der Waals surface area contributed by atoms with Crippen molar-refractivity contribution in [1.29, 1.82) is 10.5 Å². The van der Waals surface area contributed by atoms with Crippen molar-refractivity contribution in [1.82, 2.24) is 9.55 Å². The van der Waals surface area contributed by atoms with Crippen LogP contribution >= 0.6 is 0 Å². The van der Waals surface area contributed by atoms with Crippen LogP contribution in [0.4, 0.5) is 0 Å². The SMILES string of the molecule is N#CCn1cnc2ccc(C#N)cc21. The molecule has 4 nitrogen and oxygen atoms in total. The molecule has 1 aromatic heterocycles. The second-order valence-electron chi connectivity index (χ2n) is 2.85. The summed E-state index contributed by atoms with van der Waals surface area (Å²) in [5.41, 5.74) is 2.21. The Hall–Kier alpha value is -2.33. The van der Waals surface area contributed by atoms with Crippen molar-refractivity contribution in [3.63, 3.8) is 0 Å². The maximum atomic E-state index is 8.71. The minimum Gasteiger partial charge on any atom is -0.316 e. The smallest absolute Gasteiger partial charge is 0.111 e. The van der Waals surface area contributed by atoms with Crippen molar-refractivity contribution in [2.45, 2.75) is 6.54 Å². The molecule has 0 bridgehead atoms. The first-order valence-corrected chi connectivity index (χ1v) is 4.07. The maximum Gasteiger partial charge on any atom is 0.111 e. The summed E-state index contributed by atoms with van der Waals surface area (Å²) in [5.74, 6) is 0. The number of nitriles is 2. The van der Waals surface area contributed by atoms with Crippen LogP contribution in [-0.4, -0.2) is 9.55 Å². The molecule has 0 atom stereocenters. The van der Waals surface area contributed by atoms with Gasteiger partial charge in [-0.3, -0.25) is 0 Å². The monoisotopic (exact) mass is 182 g/mol. The summed E-state index contributed by atoms with van der Waals surface area (Å²) >= 11 is 0. The Bertz CT molecular complexity index is 553. The van der Waals surface area contributed by atoms with Crippen LogP contribution in [0, 0.1) is 22.7 Å². The van der Waals surface area contributed by atoms with Crippen molar-refractivity contribution in [3.05, 3.63) is 30.1 Å². The van der Waals surface area contributed by atoms with Crippen molar-refractivity contribution >= 4 is 11.0 Å². The molecule has 14 heavy (non-hydrogen) atoms. The summed E-state index contributed by atoms with van der Waals surface area (Å²) in [6, 6.07) is 9.32. The molecule has 0 N–H and O–H groups in total. The van der Waals surface area contributed by atoms with Crippen molar-refractivity contribution in [2.24, 2.45) is 0 Å². The summed E-state index contributed by atoms with van der Waals surface area (Å²) in [6.45, 7) is 0.255. The largest absolute Gasteiger partial charge is 0.316 e. The number of rotatable bonds is 1. The Balaban J connectivity index is 2.66. The van der Waals surface area contributed by atoms with Crippen LogP contribution in [0.1, 0.15) is 5.56 Å². The second-order valence-corrected chi connectivity index (χ2v) is 2.85. The van der Waals surface area contributed by atoms with Crippen LogP contribution in [0.2, 0.25) is 0 Å². The van der Waals surface area contributed by atoms with Crippen molar-refractivity contribution in [3.8, 4) is 12.1 Å². The molecule has 4 heteroatoms. The zero-order chi connectivity index (χ0) is 9.97. The highest BCUT2D eigenvalue weighted by molar-refractivity contribution is 5.77. The zero-order valence-corrected chi connectivity index (χ0v) is 7.31. The van der Waals surface area contributed by atoms with Gasteiger partial charge in [-0.25, -0.2) is 4.98 Å². The molecule has 0 fully saturated rings. The molecule has 0 spiro atoms. The molecule has 0 saturated heterocycles. The molecule has 2 aromatic rings. The number of fused-ring (bicyclic) bond motifs is 1. The summed E-state index contributed by atoms with van der Waals surface area (Å²) in [6.07, 6.45) is 1.61. The lowest BCUT2D eigenvalue weighted by Gasteiger charge is -1.96. The number of hydrogen-bond acceptors (Lipinski definition) is 3. The Labute approximate surface area is 80.6 Å². The zero-order valence-electron chi connectivity index (χ0n) is 7.31. The molecule has 0 aliphatic heterocycles. The standard InChI is InChI=1S/C10H6N4/c11-3-4-14-7-13-9-2-1-8(6-12)5-10(9)14/h1-2,5,7H,4H2. The van der Waals surface area contributed by atoms with E-state index in [1.54, 1.807) is 29.1 Å². The van der Waals surface area contributed by atoms with E-state index in [0.717, 1.165) is 11.0 Å². The molecule has 66 valence electrons. The Kier molecular flexibility index (Phi) is 1.89. The van der Waals surface area contributed by atoms with Gasteiger partial charge in [-0.15, -0.1) is 0 Å². The lowest BCUT2D eigenvalue weighted by atomic mass is 10.2. The molecule has 0 aliphatic carbocycles. The van der Waals surface area contributed by atoms with E-state index in [1.165, 1.54) is 0 Å². The molecule has 0 unspecified atom stereocenters. The van der Waals surface area contributed by atoms with Gasteiger partial charge in [0.2, 0.25) is 0 Å². The third kappa shape index (κ3) is 1.19. The van der Waals surface area contributed by atoms with Gasteiger partial charge >= 0.3 is 0 Å². The second kappa shape index (κ2) is 3.20. The average Bonchev–Trinajstić information content (AvgIpc) is 2.61. The lowest BCUT2D eigenvalue weighted by molar-refractivity contribution is 0.860. The fourth-order valence-electron chi connectivity index (χ4n) is 1.33. The van der Waals surface area contributed by atoms with Gasteiger partial charge in [0.05, 0.1) is 35.1 Å². The first kappa shape index (κ1) is 8.28. The minimum absolute atomic E-state index is 0.255. The summed E-state index contributed by atoms with van der Waals surface area (Å²) < 4.78 is 1.72. The Morgan fingerprint density at radius 2 is 2.21 bits per heavy atom. The van der Waals surface area contributed by atoms with Crippen LogP contribution in [-0.2, 0) is 6.54 Å². The average molecular weight is 182 g/mol. The van der Waals surface area contributed by atoms with Gasteiger partial charge in [-0.1, -0.05) is 0 Å². The molecular formula is C10H6N4. The van der Waals surface area contributed by atoms with Gasteiger partial charge in [-0.2, -0.15) is 10.5 Å². The highest BCUT2D eigenvalue weighted by atomic mass is 15.0. The van der Waals surface area contributed by atoms with Gasteiger partial charge in [0, 0.05) is 0 Å². The first-order valence-electron chi connectivity index (χ1n) is 4.07. The van der Waals surface area contributed by atoms with Crippen LogP contribution in [0.3, 0.4) is 0 Å². The summed E-state index contributed by atoms with van der Waals surface area (Å²) in [7, 11) is 0. The molecule has 0 radical (unpaired) electrons. The fourth-order valence-corrected chi connectivity index (χ4v) is 1.33. The molecule has 0 aliphatic rings. The van der Waals surface area contributed by atoms with Gasteiger partial charge in [0.1, 0.15) is 6.54 Å². The van der Waals surface area contributed by atoms with Crippen LogP contribution in [0.5, 0.6) is 0 Å². The molecule has 0 amide bonds. The highest BCUT2D eigenvalue weighted by Gasteiger charge is 2.02. The van der Waals surface area contributed by atoms with Gasteiger partial charge in [-0.05, 0) is 18.2 Å². The van der Waals surface area contributed by atoms with E-state index in [-0.39, 0.29) is 6.54 Å². The summed E-state index contributed by atoms with van der Waals surface area (Å²) in [4.78, 5) is 4.12. The van der Waals surface area contributed by atoms with Gasteiger partial charge in [0.25, 0.3) is 0 Å². The van der Waals surface area contributed by atoms with E-state index < -0.39 is 0 Å². The molecule has 1 aromatic carbocycles. The normalized spacial score (nSPS) is 9.57. The van der Waals surface area contributed by atoms with Crippen LogP contribution < -0.4 is 0 Å². The number of imidazole rings is 1. The number of hydrogen-bond donors (Lipinski definition) is 0. The van der Waals surface area contributed by atoms with Crippen molar-refractivity contribution in [2.75, 3.05) is 0 Å². The fraction of sp³-hybridized carbons (Fsp3) is 0.100. The third-order valence-corrected chi connectivity index (χ3v) is 1.99. The lowest BCUT2D eigenvalue weighted by Crippen LogP contribution is -1.92. The topological polar surface area (TPSA) is 65.4 Å². The quantitative estimate of drug-likeness (QED) is 0.670. The van der Waals surface area contributed by atoms with Crippen LogP contribution in [0.15, 0.2) is 24.5 Å². The van der Waals surface area contributed by atoms with E-state index >= 15 is 0 Å². The van der Waals surface area contributed by atoms with Crippen molar-refractivity contribution < 1.29 is 0 Å². The Morgan fingerprint density at radius 1 is 1.36 bits per heavy atom. The predicted molar refractivity (Wildman–Crippen MR) is 50.1 cm³/mol. The molecule has 1 heterocycles. The maximum absolute atomic E-state index is 8.71. The van der Waals surface area contributed by atoms with E-state index in [1.807, 2.05) is 6.07 Å². The number of benzene rings is 1. The predicted octanol–water partition coefficient (Wildman–Crippen LogP) is 1.43. The van der Waals surface area contributed by atoms with E-state index in [9.17, 15) is 0 Å². The first-order chi connectivity index (χ1) is 6.85. The van der Waals surface area contributed by atoms with Gasteiger partial charge in [0.15, 0.2) is 0 Å². The Morgan fingerprint density at radius 3 is 2.93 bits per heavy atom. The highest BCUT2D eigenvalue weighted by Crippen LogP contribution is 2.14. The van der Waals surface area contributed by atoms with Gasteiger partial charge < -0.3 is 4.57 Å². The molecule has 2 rings (SSSR count). The minimum atomic E-state index is 0.255. The summed E-state index contributed by atoms with van der Waals surface area (Å²) in [5, 5.41) is 17.3. The molecular weight excluding hydrogens is 176 g/mol. The number of aromatic nitrogens is 2. The third-order valence-electron chi connectivity index (χ3n) is 1.99. The van der Waals surface area contributed by atoms with E-state index in [2.05, 4.69) is 11.1 Å².